The van der Waals surface area contributed by atoms with E-state index in [2.05, 4.69) is 43.6 Å². The van der Waals surface area contributed by atoms with Crippen molar-refractivity contribution in [2.45, 2.75) is 46.6 Å². The zero-order valence-electron chi connectivity index (χ0n) is 11.2. The van der Waals surface area contributed by atoms with Crippen LogP contribution in [-0.4, -0.2) is 23.0 Å². The van der Waals surface area contributed by atoms with Crippen molar-refractivity contribution in [3.8, 4) is 6.07 Å². The molecule has 0 atom stereocenters. The van der Waals surface area contributed by atoms with E-state index in [-0.39, 0.29) is 0 Å². The molecule has 4 heteroatoms. The highest BCUT2D eigenvalue weighted by Crippen LogP contribution is 2.26. The van der Waals surface area contributed by atoms with Crippen molar-refractivity contribution < 1.29 is 0 Å². The maximum absolute atomic E-state index is 8.83. The Morgan fingerprint density at radius 3 is 2.47 bits per heavy atom. The predicted octanol–water partition coefficient (Wildman–Crippen LogP) is 3.17. The van der Waals surface area contributed by atoms with Crippen LogP contribution in [0.4, 0.5) is 0 Å². The van der Waals surface area contributed by atoms with Crippen molar-refractivity contribution in [2.75, 3.05) is 13.1 Å². The molecule has 0 amide bonds. The van der Waals surface area contributed by atoms with Gasteiger partial charge in [0.25, 0.3) is 0 Å². The van der Waals surface area contributed by atoms with Gasteiger partial charge in [-0.25, -0.2) is 4.98 Å². The van der Waals surface area contributed by atoms with Crippen LogP contribution in [-0.2, 0) is 13.0 Å². The highest BCUT2D eigenvalue weighted by atomic mass is 32.1. The summed E-state index contributed by atoms with van der Waals surface area (Å²) in [6.07, 6.45) is 0.490. The van der Waals surface area contributed by atoms with Crippen molar-refractivity contribution >= 4 is 11.3 Å². The van der Waals surface area contributed by atoms with Gasteiger partial charge < -0.3 is 0 Å². The molecule has 0 bridgehead atoms. The van der Waals surface area contributed by atoms with Gasteiger partial charge in [0.05, 0.1) is 24.7 Å². The lowest BCUT2D eigenvalue weighted by atomic mass is 10.1. The maximum atomic E-state index is 8.83. The molecule has 0 unspecified atom stereocenters. The van der Waals surface area contributed by atoms with E-state index < -0.39 is 0 Å². The van der Waals surface area contributed by atoms with E-state index in [4.69, 9.17) is 5.26 Å². The lowest BCUT2D eigenvalue weighted by Gasteiger charge is -2.15. The van der Waals surface area contributed by atoms with Crippen LogP contribution in [0.5, 0.6) is 0 Å². The van der Waals surface area contributed by atoms with Crippen LogP contribution in [0.3, 0.4) is 0 Å². The Morgan fingerprint density at radius 1 is 1.35 bits per heavy atom. The molecule has 1 aromatic rings. The number of hydrogen-bond donors (Lipinski definition) is 0. The summed E-state index contributed by atoms with van der Waals surface area (Å²) in [7, 11) is 0. The van der Waals surface area contributed by atoms with Crippen LogP contribution in [0.2, 0.25) is 0 Å². The minimum Gasteiger partial charge on any atom is -0.297 e. The second-order valence-corrected chi connectivity index (χ2v) is 5.54. The standard InChI is InChI=1S/C13H21N3S/c1-5-16(6-2)9-12-15-13(10(3)4)11(17-12)7-8-14/h10H,5-7,9H2,1-4H3. The Hall–Kier alpha value is -0.920. The average molecular weight is 251 g/mol. The summed E-state index contributed by atoms with van der Waals surface area (Å²) >= 11 is 1.70. The zero-order valence-corrected chi connectivity index (χ0v) is 12.0. The zero-order chi connectivity index (χ0) is 12.8. The lowest BCUT2D eigenvalue weighted by molar-refractivity contribution is 0.295. The maximum Gasteiger partial charge on any atom is 0.107 e. The molecule has 3 nitrogen and oxygen atoms in total. The number of aromatic nitrogens is 1. The van der Waals surface area contributed by atoms with Gasteiger partial charge in [-0.05, 0) is 19.0 Å². The van der Waals surface area contributed by atoms with Crippen LogP contribution in [0.15, 0.2) is 0 Å². The fourth-order valence-electron chi connectivity index (χ4n) is 1.77. The molecular weight excluding hydrogens is 230 g/mol. The average Bonchev–Trinajstić information content (AvgIpc) is 2.69. The summed E-state index contributed by atoms with van der Waals surface area (Å²) in [6, 6.07) is 2.23. The van der Waals surface area contributed by atoms with Gasteiger partial charge in [0.2, 0.25) is 0 Å². The second-order valence-electron chi connectivity index (χ2n) is 4.37. The molecule has 0 saturated carbocycles. The topological polar surface area (TPSA) is 39.9 Å². The molecule has 94 valence electrons. The van der Waals surface area contributed by atoms with Crippen LogP contribution >= 0.6 is 11.3 Å². The Balaban J connectivity index is 2.88. The fourth-order valence-corrected chi connectivity index (χ4v) is 2.97. The van der Waals surface area contributed by atoms with Crippen LogP contribution in [0.1, 0.15) is 49.2 Å². The number of nitriles is 1. The Morgan fingerprint density at radius 2 is 2.00 bits per heavy atom. The van der Waals surface area contributed by atoms with Gasteiger partial charge in [0.15, 0.2) is 0 Å². The van der Waals surface area contributed by atoms with Crippen molar-refractivity contribution in [3.05, 3.63) is 15.6 Å². The van der Waals surface area contributed by atoms with Gasteiger partial charge >= 0.3 is 0 Å². The predicted molar refractivity (Wildman–Crippen MR) is 72.1 cm³/mol. The molecular formula is C13H21N3S. The minimum atomic E-state index is 0.403. The number of rotatable bonds is 6. The molecule has 1 heterocycles. The first kappa shape index (κ1) is 14.1. The van der Waals surface area contributed by atoms with E-state index in [9.17, 15) is 0 Å². The molecule has 0 aliphatic heterocycles. The highest BCUT2D eigenvalue weighted by molar-refractivity contribution is 7.11. The monoisotopic (exact) mass is 251 g/mol. The third-order valence-corrected chi connectivity index (χ3v) is 3.87. The molecule has 0 fully saturated rings. The van der Waals surface area contributed by atoms with E-state index in [0.29, 0.717) is 12.3 Å². The van der Waals surface area contributed by atoms with Gasteiger partial charge in [0.1, 0.15) is 5.01 Å². The molecule has 0 spiro atoms. The van der Waals surface area contributed by atoms with Gasteiger partial charge in [-0.2, -0.15) is 5.26 Å². The lowest BCUT2D eigenvalue weighted by Crippen LogP contribution is -2.21. The summed E-state index contributed by atoms with van der Waals surface area (Å²) in [5, 5.41) is 9.97. The van der Waals surface area contributed by atoms with Gasteiger partial charge in [-0.1, -0.05) is 27.7 Å². The van der Waals surface area contributed by atoms with E-state index in [0.717, 1.165) is 35.2 Å². The van der Waals surface area contributed by atoms with Gasteiger partial charge in [-0.15, -0.1) is 11.3 Å². The molecule has 0 saturated heterocycles. The third-order valence-electron chi connectivity index (χ3n) is 2.81. The molecule has 0 aliphatic rings. The number of nitrogens with zero attached hydrogens (tertiary/aromatic N) is 3. The quantitative estimate of drug-likeness (QED) is 0.779. The Kier molecular flexibility index (Phi) is 5.60. The normalized spacial score (nSPS) is 11.1. The summed E-state index contributed by atoms with van der Waals surface area (Å²) in [5.74, 6) is 0.403. The van der Waals surface area contributed by atoms with Crippen molar-refractivity contribution in [1.29, 1.82) is 5.26 Å². The number of hydrogen-bond acceptors (Lipinski definition) is 4. The van der Waals surface area contributed by atoms with Crippen molar-refractivity contribution in [1.82, 2.24) is 9.88 Å². The summed E-state index contributed by atoms with van der Waals surface area (Å²) < 4.78 is 0. The highest BCUT2D eigenvalue weighted by Gasteiger charge is 2.15. The summed E-state index contributed by atoms with van der Waals surface area (Å²) in [6.45, 7) is 11.6. The second kappa shape index (κ2) is 6.73. The van der Waals surface area contributed by atoms with Gasteiger partial charge in [-0.3, -0.25) is 4.90 Å². The SMILES string of the molecule is CCN(CC)Cc1nc(C(C)C)c(CC#N)s1. The van der Waals surface area contributed by atoms with E-state index >= 15 is 0 Å². The van der Waals surface area contributed by atoms with E-state index in [1.807, 2.05) is 0 Å². The first-order valence-electron chi connectivity index (χ1n) is 6.20. The smallest absolute Gasteiger partial charge is 0.107 e. The van der Waals surface area contributed by atoms with Crippen molar-refractivity contribution in [2.24, 2.45) is 0 Å². The van der Waals surface area contributed by atoms with Crippen LogP contribution in [0.25, 0.3) is 0 Å². The Bertz CT molecular complexity index is 386. The molecule has 0 radical (unpaired) electrons. The third kappa shape index (κ3) is 3.79. The first-order valence-corrected chi connectivity index (χ1v) is 7.01. The first-order chi connectivity index (χ1) is 8.12. The van der Waals surface area contributed by atoms with Crippen LogP contribution in [0, 0.1) is 11.3 Å². The van der Waals surface area contributed by atoms with Crippen molar-refractivity contribution in [3.63, 3.8) is 0 Å². The number of thiazole rings is 1. The van der Waals surface area contributed by atoms with E-state index in [1.54, 1.807) is 11.3 Å². The molecule has 1 rings (SSSR count). The molecule has 1 aromatic heterocycles. The molecule has 0 aromatic carbocycles. The van der Waals surface area contributed by atoms with Crippen LogP contribution < -0.4 is 0 Å². The van der Waals surface area contributed by atoms with E-state index in [1.165, 1.54) is 0 Å². The largest absolute Gasteiger partial charge is 0.297 e. The summed E-state index contributed by atoms with van der Waals surface area (Å²) in [4.78, 5) is 8.18. The summed E-state index contributed by atoms with van der Waals surface area (Å²) in [5.41, 5.74) is 1.11. The Labute approximate surface area is 108 Å². The minimum absolute atomic E-state index is 0.403. The molecule has 0 aliphatic carbocycles. The molecule has 0 N–H and O–H groups in total. The fraction of sp³-hybridized carbons (Fsp3) is 0.692. The van der Waals surface area contributed by atoms with Gasteiger partial charge in [0, 0.05) is 4.88 Å². The molecule has 17 heavy (non-hydrogen) atoms.